The van der Waals surface area contributed by atoms with E-state index in [1.165, 1.54) is 7.11 Å². The van der Waals surface area contributed by atoms with Crippen LogP contribution in [0.15, 0.2) is 0 Å². The molecule has 130 valence electrons. The second-order valence-corrected chi connectivity index (χ2v) is 12.2. The monoisotopic (exact) mass is 333 g/mol. The minimum absolute atomic E-state index is 0.0819. The molecule has 7 heteroatoms. The number of rotatable bonds is 6. The molecule has 1 aliphatic rings. The van der Waals surface area contributed by atoms with Crippen LogP contribution in [0, 0.1) is 0 Å². The van der Waals surface area contributed by atoms with E-state index in [4.69, 9.17) is 18.6 Å². The van der Waals surface area contributed by atoms with Crippen LogP contribution in [-0.4, -0.2) is 59.6 Å². The van der Waals surface area contributed by atoms with Crippen molar-refractivity contribution in [3.05, 3.63) is 0 Å². The standard InChI is InChI=1S/C15H31NO5Si/c1-14(2,3)22(7,8)21-11-9-16-12(13(17)19-6)15(11,4)20-10-18-5/h11-12,16H,9-10H2,1-8H3/t11-,12-,15-/m1/s1. The average Bonchev–Trinajstić information content (AvgIpc) is 2.71. The van der Waals surface area contributed by atoms with E-state index in [-0.39, 0.29) is 23.9 Å². The smallest absolute Gasteiger partial charge is 0.325 e. The Morgan fingerprint density at radius 3 is 2.36 bits per heavy atom. The summed E-state index contributed by atoms with van der Waals surface area (Å²) in [6, 6.07) is -0.567. The normalized spacial score (nSPS) is 29.6. The Balaban J connectivity index is 3.00. The molecule has 3 atom stereocenters. The molecule has 0 spiro atoms. The third kappa shape index (κ3) is 3.89. The minimum atomic E-state index is -1.99. The fraction of sp³-hybridized carbons (Fsp3) is 0.933. The van der Waals surface area contributed by atoms with Crippen molar-refractivity contribution in [2.24, 2.45) is 0 Å². The fourth-order valence-electron chi connectivity index (χ4n) is 2.30. The molecular weight excluding hydrogens is 302 g/mol. The molecule has 0 aliphatic carbocycles. The minimum Gasteiger partial charge on any atom is -0.468 e. The number of hydrogen-bond acceptors (Lipinski definition) is 6. The molecule has 0 amide bonds. The number of nitrogens with one attached hydrogen (secondary N) is 1. The summed E-state index contributed by atoms with van der Waals surface area (Å²) in [5.74, 6) is -0.347. The van der Waals surface area contributed by atoms with Crippen LogP contribution < -0.4 is 5.32 Å². The highest BCUT2D eigenvalue weighted by Gasteiger charge is 2.55. The summed E-state index contributed by atoms with van der Waals surface area (Å²) in [5.41, 5.74) is -0.821. The highest BCUT2D eigenvalue weighted by Crippen LogP contribution is 2.40. The first-order valence-electron chi connectivity index (χ1n) is 7.61. The van der Waals surface area contributed by atoms with Crippen LogP contribution in [0.25, 0.3) is 0 Å². The summed E-state index contributed by atoms with van der Waals surface area (Å²) < 4.78 is 22.3. The lowest BCUT2D eigenvalue weighted by molar-refractivity contribution is -0.175. The number of hydrogen-bond donors (Lipinski definition) is 1. The zero-order chi connectivity index (χ0) is 17.2. The first-order valence-corrected chi connectivity index (χ1v) is 10.5. The van der Waals surface area contributed by atoms with Gasteiger partial charge in [0, 0.05) is 13.7 Å². The van der Waals surface area contributed by atoms with Gasteiger partial charge in [-0.15, -0.1) is 0 Å². The second kappa shape index (κ2) is 6.96. The lowest BCUT2D eigenvalue weighted by Gasteiger charge is -2.43. The molecule has 0 radical (unpaired) electrons. The van der Waals surface area contributed by atoms with Crippen molar-refractivity contribution in [2.75, 3.05) is 27.6 Å². The molecule has 1 N–H and O–H groups in total. The molecule has 22 heavy (non-hydrogen) atoms. The molecular formula is C15H31NO5Si. The highest BCUT2D eigenvalue weighted by molar-refractivity contribution is 6.74. The van der Waals surface area contributed by atoms with Crippen LogP contribution in [-0.2, 0) is 23.4 Å². The first-order chi connectivity index (χ1) is 9.99. The Bertz CT molecular complexity index is 396. The summed E-state index contributed by atoms with van der Waals surface area (Å²) in [4.78, 5) is 12.1. The number of carbonyl (C=O) groups excluding carboxylic acids is 1. The second-order valence-electron chi connectivity index (χ2n) is 7.47. The van der Waals surface area contributed by atoms with Crippen LogP contribution in [0.2, 0.25) is 18.1 Å². The fourth-order valence-corrected chi connectivity index (χ4v) is 3.69. The summed E-state index contributed by atoms with van der Waals surface area (Å²) >= 11 is 0. The van der Waals surface area contributed by atoms with Crippen LogP contribution in [0.3, 0.4) is 0 Å². The maximum Gasteiger partial charge on any atom is 0.325 e. The molecule has 0 bridgehead atoms. The van der Waals surface area contributed by atoms with Crippen LogP contribution in [0.1, 0.15) is 27.7 Å². The Hall–Kier alpha value is -0.473. The number of methoxy groups -OCH3 is 2. The van der Waals surface area contributed by atoms with Gasteiger partial charge in [0.2, 0.25) is 0 Å². The van der Waals surface area contributed by atoms with Crippen molar-refractivity contribution in [3.8, 4) is 0 Å². The topological polar surface area (TPSA) is 66.0 Å². The van der Waals surface area contributed by atoms with Gasteiger partial charge in [0.15, 0.2) is 8.32 Å². The Kier molecular flexibility index (Phi) is 6.20. The molecule has 1 rings (SSSR count). The van der Waals surface area contributed by atoms with E-state index in [1.807, 2.05) is 6.92 Å². The predicted molar refractivity (Wildman–Crippen MR) is 87.2 cm³/mol. The van der Waals surface area contributed by atoms with Gasteiger partial charge in [0.1, 0.15) is 18.4 Å². The molecule has 1 heterocycles. The van der Waals surface area contributed by atoms with Gasteiger partial charge in [-0.2, -0.15) is 0 Å². The molecule has 0 aromatic rings. The Morgan fingerprint density at radius 2 is 1.91 bits per heavy atom. The zero-order valence-electron chi connectivity index (χ0n) is 15.1. The van der Waals surface area contributed by atoms with Crippen molar-refractivity contribution in [3.63, 3.8) is 0 Å². The molecule has 1 saturated heterocycles. The van der Waals surface area contributed by atoms with E-state index in [9.17, 15) is 4.79 Å². The number of carbonyl (C=O) groups is 1. The maximum atomic E-state index is 12.1. The largest absolute Gasteiger partial charge is 0.468 e. The third-order valence-corrected chi connectivity index (χ3v) is 9.37. The van der Waals surface area contributed by atoms with Gasteiger partial charge in [-0.3, -0.25) is 10.1 Å². The van der Waals surface area contributed by atoms with E-state index >= 15 is 0 Å². The first kappa shape index (κ1) is 19.6. The summed E-state index contributed by atoms with van der Waals surface area (Å²) in [6.45, 7) is 13.5. The lowest BCUT2D eigenvalue weighted by atomic mass is 9.94. The van der Waals surface area contributed by atoms with Crippen molar-refractivity contribution in [2.45, 2.75) is 63.6 Å². The zero-order valence-corrected chi connectivity index (χ0v) is 16.1. The van der Waals surface area contributed by atoms with Gasteiger partial charge in [0.05, 0.1) is 13.2 Å². The van der Waals surface area contributed by atoms with E-state index in [0.717, 1.165) is 0 Å². The summed E-state index contributed by atoms with van der Waals surface area (Å²) in [5, 5.41) is 3.25. The van der Waals surface area contributed by atoms with Gasteiger partial charge >= 0.3 is 5.97 Å². The molecule has 1 fully saturated rings. The molecule has 6 nitrogen and oxygen atoms in total. The van der Waals surface area contributed by atoms with Crippen molar-refractivity contribution in [1.82, 2.24) is 5.32 Å². The number of ether oxygens (including phenoxy) is 3. The van der Waals surface area contributed by atoms with Gasteiger partial charge in [-0.05, 0) is 25.1 Å². The third-order valence-electron chi connectivity index (χ3n) is 4.89. The summed E-state index contributed by atoms with van der Waals surface area (Å²) in [6.07, 6.45) is -0.229. The quantitative estimate of drug-likeness (QED) is 0.455. The molecule has 1 aliphatic heterocycles. The van der Waals surface area contributed by atoms with E-state index in [2.05, 4.69) is 39.2 Å². The predicted octanol–water partition coefficient (Wildman–Crippen LogP) is 1.90. The van der Waals surface area contributed by atoms with Crippen LogP contribution in [0.5, 0.6) is 0 Å². The molecule has 0 aromatic carbocycles. The lowest BCUT2D eigenvalue weighted by Crippen LogP contribution is -2.56. The average molecular weight is 334 g/mol. The van der Waals surface area contributed by atoms with Crippen LogP contribution >= 0.6 is 0 Å². The Morgan fingerprint density at radius 1 is 1.32 bits per heavy atom. The summed E-state index contributed by atoms with van der Waals surface area (Å²) in [7, 11) is 0.950. The van der Waals surface area contributed by atoms with Gasteiger partial charge in [-0.25, -0.2) is 0 Å². The van der Waals surface area contributed by atoms with Crippen molar-refractivity contribution < 1.29 is 23.4 Å². The maximum absolute atomic E-state index is 12.1. The highest BCUT2D eigenvalue weighted by atomic mass is 28.4. The van der Waals surface area contributed by atoms with Gasteiger partial charge < -0.3 is 18.6 Å². The van der Waals surface area contributed by atoms with Crippen molar-refractivity contribution in [1.29, 1.82) is 0 Å². The van der Waals surface area contributed by atoms with E-state index < -0.39 is 20.0 Å². The molecule has 0 saturated carbocycles. The van der Waals surface area contributed by atoms with Gasteiger partial charge in [0.25, 0.3) is 0 Å². The van der Waals surface area contributed by atoms with Crippen LogP contribution in [0.4, 0.5) is 0 Å². The SMILES string of the molecule is COCO[C@@]1(C)[C@@H](C(=O)OC)NC[C@H]1O[Si](C)(C)C(C)(C)C. The van der Waals surface area contributed by atoms with Gasteiger partial charge in [-0.1, -0.05) is 20.8 Å². The molecule has 0 aromatic heterocycles. The van der Waals surface area contributed by atoms with Crippen molar-refractivity contribution >= 4 is 14.3 Å². The Labute approximate surface area is 135 Å². The van der Waals surface area contributed by atoms with E-state index in [1.54, 1.807) is 7.11 Å². The molecule has 0 unspecified atom stereocenters. The number of esters is 1. The van der Waals surface area contributed by atoms with E-state index in [0.29, 0.717) is 6.54 Å².